The molecule has 0 aromatic carbocycles. The normalized spacial score (nSPS) is 11.0. The van der Waals surface area contributed by atoms with Crippen LogP contribution in [0.5, 0.6) is 0 Å². The molecule has 0 rings (SSSR count). The molecular weight excluding hydrogens is 1200 g/mol. The molecule has 0 heterocycles. The summed E-state index contributed by atoms with van der Waals surface area (Å²) >= 11 is 0. The van der Waals surface area contributed by atoms with Gasteiger partial charge < -0.3 is 0 Å². The molecule has 0 fully saturated rings. The Hall–Kier alpha value is -0.840. The van der Waals surface area contributed by atoms with E-state index in [9.17, 15) is 52.7 Å². The molecule has 0 spiro atoms. The van der Waals surface area contributed by atoms with Gasteiger partial charge in [0.15, 0.2) is 0 Å². The van der Waals surface area contributed by atoms with Gasteiger partial charge in [-0.2, -0.15) is 52.7 Å². The van der Waals surface area contributed by atoms with Crippen LogP contribution in [-0.2, 0) is 0 Å². The van der Waals surface area contributed by atoms with Gasteiger partial charge in [0.25, 0.3) is 0 Å². The van der Waals surface area contributed by atoms with E-state index in [1.165, 1.54) is 170 Å². The molecule has 2 atom stereocenters. The molecule has 0 aromatic heterocycles. The largest absolute Gasteiger partial charge is 0.391 e. The molecule has 0 aromatic rings. The third-order valence-electron chi connectivity index (χ3n) is 13.4. The molecule has 0 aliphatic rings. The van der Waals surface area contributed by atoms with Crippen LogP contribution >= 0.6 is 0 Å². The van der Waals surface area contributed by atoms with Crippen molar-refractivity contribution in [2.24, 2.45) is 58.2 Å². The SMILES string of the molecule is C.CCC.CCC(C)(C)C.CCC(C)(C)C.CCC(C)C.CCC(C)C.CCC(C)C(F)(F)F.CCC(C)C(F)(F)F.CCC(C)CC.CCC(C)CC.CCCC.CCCC.CCCC(C)C.CCCC(C)C.CCCC(F)(F)F.CCCC(F)(F)F.CCCCC. The van der Waals surface area contributed by atoms with Gasteiger partial charge in [0.1, 0.15) is 0 Å². The third-order valence-corrected chi connectivity index (χ3v) is 13.4. The van der Waals surface area contributed by atoms with Crippen molar-refractivity contribution >= 4 is 0 Å². The molecule has 0 saturated carbocycles. The Morgan fingerprint density at radius 1 is 0.247 bits per heavy atom. The number of unbranched alkanes of at least 4 members (excludes halogenated alkanes) is 4. The Labute approximate surface area is 584 Å². The summed E-state index contributed by atoms with van der Waals surface area (Å²) in [7, 11) is 0. The van der Waals surface area contributed by atoms with Crippen molar-refractivity contribution in [1.82, 2.24) is 0 Å². The lowest BCUT2D eigenvalue weighted by Gasteiger charge is -2.12. The van der Waals surface area contributed by atoms with Gasteiger partial charge in [-0.25, -0.2) is 0 Å². The van der Waals surface area contributed by atoms with Gasteiger partial charge in [0, 0.05) is 12.8 Å². The molecule has 0 nitrogen and oxygen atoms in total. The first-order valence-corrected chi connectivity index (χ1v) is 37.8. The van der Waals surface area contributed by atoms with Crippen molar-refractivity contribution in [2.45, 2.75) is 476 Å². The highest BCUT2D eigenvalue weighted by Crippen LogP contribution is 2.28. The maximum absolute atomic E-state index is 11.4. The van der Waals surface area contributed by atoms with Crippen LogP contribution in [0.4, 0.5) is 52.7 Å². The summed E-state index contributed by atoms with van der Waals surface area (Å²) in [6.07, 6.45) is 10.00. The fourth-order valence-corrected chi connectivity index (χ4v) is 3.12. The van der Waals surface area contributed by atoms with E-state index in [-0.39, 0.29) is 33.1 Å². The topological polar surface area (TPSA) is 0 Å². The van der Waals surface area contributed by atoms with Gasteiger partial charge in [-0.05, 0) is 72.0 Å². The highest BCUT2D eigenvalue weighted by atomic mass is 19.4. The molecule has 592 valence electrons. The van der Waals surface area contributed by atoms with Crippen LogP contribution in [0.15, 0.2) is 0 Å². The highest BCUT2D eigenvalue weighted by Gasteiger charge is 2.34. The third kappa shape index (κ3) is 277. The van der Waals surface area contributed by atoms with Gasteiger partial charge in [0.05, 0.1) is 11.8 Å². The molecule has 12 heteroatoms. The molecule has 0 radical (unpaired) electrons. The molecule has 2 unspecified atom stereocenters. The van der Waals surface area contributed by atoms with E-state index in [1.54, 1.807) is 0 Å². The standard InChI is InChI=1S/6C6H14.2C5H9F3.3C5H12.2C4H7F3.2C4H10.C3H8.CH4/c2*1-5-6(2,3)4;2*1-4-5-6(2)3;2*1-4-6(3)5-2;2*1-3-4(2)5(6,7)8;2*1-4-5(2)3;1-3-5-4-2;2*1-2-3-4(5,6)7;2*1-3-4-2;1-3-2;/h2*5H2,1-4H3;4*6H,4-5H2,1-3H3;2*4H,3H2,1-2H3;2*5H,4H2,1-3H3;3-5H2,1-2H3;2*2-3H2,1H3;2*3-4H2,1-2H3;3H2,1-2H3;1H4. The Morgan fingerprint density at radius 3 is 0.419 bits per heavy atom. The van der Waals surface area contributed by atoms with Crippen LogP contribution < -0.4 is 0 Å². The summed E-state index contributed by atoms with van der Waals surface area (Å²) in [5.41, 5.74) is 1.08. The second kappa shape index (κ2) is 102. The first kappa shape index (κ1) is 136. The fraction of sp³-hybridized carbons (Fsp3) is 1.00. The van der Waals surface area contributed by atoms with Crippen LogP contribution in [0.3, 0.4) is 0 Å². The Kier molecular flexibility index (Phi) is 149. The van der Waals surface area contributed by atoms with Crippen LogP contribution in [0.25, 0.3) is 0 Å². The minimum atomic E-state index is -3.99. The maximum Gasteiger partial charge on any atom is 0.391 e. The van der Waals surface area contributed by atoms with Crippen LogP contribution in [0.1, 0.15) is 451 Å². The van der Waals surface area contributed by atoms with E-state index in [0.717, 1.165) is 35.5 Å². The fourth-order valence-electron chi connectivity index (χ4n) is 3.12. The molecule has 93 heavy (non-hydrogen) atoms. The Balaban J connectivity index is -0.0000000443. The number of rotatable bonds is 18. The van der Waals surface area contributed by atoms with E-state index >= 15 is 0 Å². The summed E-state index contributed by atoms with van der Waals surface area (Å²) < 4.78 is 135. The molecule has 0 aliphatic heterocycles. The average Bonchev–Trinajstić information content (AvgIpc) is 3.38. The van der Waals surface area contributed by atoms with Crippen molar-refractivity contribution in [3.63, 3.8) is 0 Å². The van der Waals surface area contributed by atoms with Crippen molar-refractivity contribution in [3.8, 4) is 0 Å². The second-order valence-corrected chi connectivity index (χ2v) is 28.1. The Bertz CT molecular complexity index is 996. The highest BCUT2D eigenvalue weighted by molar-refractivity contribution is 4.59. The number of hydrogen-bond donors (Lipinski definition) is 0. The molecule has 0 saturated heterocycles. The van der Waals surface area contributed by atoms with Crippen LogP contribution in [-0.4, -0.2) is 24.7 Å². The van der Waals surface area contributed by atoms with Crippen LogP contribution in [0, 0.1) is 58.2 Å². The Morgan fingerprint density at radius 2 is 0.419 bits per heavy atom. The minimum absolute atomic E-state index is 0. The van der Waals surface area contributed by atoms with Gasteiger partial charge >= 0.3 is 24.7 Å². The lowest BCUT2D eigenvalue weighted by atomic mass is 9.94. The first-order valence-electron chi connectivity index (χ1n) is 37.8. The van der Waals surface area contributed by atoms with Gasteiger partial charge in [-0.15, -0.1) is 0 Å². The van der Waals surface area contributed by atoms with E-state index < -0.39 is 49.4 Å². The van der Waals surface area contributed by atoms with E-state index in [4.69, 9.17) is 0 Å². The van der Waals surface area contributed by atoms with Gasteiger partial charge in [0.2, 0.25) is 0 Å². The zero-order chi connectivity index (χ0) is 78.0. The smallest absolute Gasteiger partial charge is 0.171 e. The number of halogens is 12. The summed E-state index contributed by atoms with van der Waals surface area (Å²) in [5, 5.41) is 0. The summed E-state index contributed by atoms with van der Waals surface area (Å²) in [4.78, 5) is 0. The quantitative estimate of drug-likeness (QED) is 0.120. The number of hydrogen-bond acceptors (Lipinski definition) is 0. The summed E-state index contributed by atoms with van der Waals surface area (Å²) in [5.74, 6) is 3.13. The van der Waals surface area contributed by atoms with Crippen molar-refractivity contribution < 1.29 is 52.7 Å². The zero-order valence-electron chi connectivity index (χ0n) is 70.5. The molecule has 0 aliphatic carbocycles. The summed E-state index contributed by atoms with van der Waals surface area (Å²) in [6.45, 7) is 83.9. The zero-order valence-corrected chi connectivity index (χ0v) is 70.5. The monoisotopic (exact) mass is 1390 g/mol. The lowest BCUT2D eigenvalue weighted by molar-refractivity contribution is -0.170. The molecular formula is C81H184F12. The molecule has 0 amide bonds. The second-order valence-electron chi connectivity index (χ2n) is 28.1. The van der Waals surface area contributed by atoms with Crippen molar-refractivity contribution in [1.29, 1.82) is 0 Å². The number of alkyl halides is 12. The van der Waals surface area contributed by atoms with Gasteiger partial charge in [-0.1, -0.05) is 413 Å². The predicted molar refractivity (Wildman–Crippen MR) is 411 cm³/mol. The van der Waals surface area contributed by atoms with Gasteiger partial charge in [-0.3, -0.25) is 0 Å². The van der Waals surface area contributed by atoms with E-state index in [1.807, 2.05) is 0 Å². The van der Waals surface area contributed by atoms with Crippen molar-refractivity contribution in [3.05, 3.63) is 0 Å². The lowest BCUT2D eigenvalue weighted by Crippen LogP contribution is -2.18. The maximum atomic E-state index is 11.4. The minimum Gasteiger partial charge on any atom is -0.171 e. The molecule has 0 bridgehead atoms. The van der Waals surface area contributed by atoms with E-state index in [2.05, 4.69) is 235 Å². The molecule has 0 N–H and O–H groups in total. The summed E-state index contributed by atoms with van der Waals surface area (Å²) in [6, 6.07) is 0. The first-order chi connectivity index (χ1) is 41.6. The average molecular weight is 1390 g/mol. The van der Waals surface area contributed by atoms with Crippen LogP contribution in [0.2, 0.25) is 0 Å². The van der Waals surface area contributed by atoms with Crippen molar-refractivity contribution in [2.75, 3.05) is 0 Å². The van der Waals surface area contributed by atoms with E-state index in [0.29, 0.717) is 10.8 Å². The predicted octanol–water partition coefficient (Wildman–Crippen LogP) is 36.5.